The lowest BCUT2D eigenvalue weighted by Gasteiger charge is -2.15. The zero-order chi connectivity index (χ0) is 12.4. The first kappa shape index (κ1) is 11.7. The summed E-state index contributed by atoms with van der Waals surface area (Å²) in [6, 6.07) is 4.35. The number of hydrogen-bond acceptors (Lipinski definition) is 3. The molecule has 96 valence electrons. The first-order valence-corrected chi connectivity index (χ1v) is 6.75. The normalized spacial score (nSPS) is 24.1. The van der Waals surface area contributed by atoms with Crippen molar-refractivity contribution >= 4 is 5.91 Å². The van der Waals surface area contributed by atoms with Crippen LogP contribution in [0.3, 0.4) is 0 Å². The molecule has 4 heteroatoms. The lowest BCUT2D eigenvalue weighted by molar-refractivity contribution is 0.0947. The molecular weight excluding hydrogens is 226 g/mol. The molecular formula is C14H19N3O. The molecule has 1 saturated heterocycles. The van der Waals surface area contributed by atoms with Gasteiger partial charge in [0, 0.05) is 37.1 Å². The van der Waals surface area contributed by atoms with Crippen LogP contribution in [0.2, 0.25) is 0 Å². The van der Waals surface area contributed by atoms with Gasteiger partial charge in [0.2, 0.25) is 0 Å². The van der Waals surface area contributed by atoms with Gasteiger partial charge in [-0.1, -0.05) is 0 Å². The fourth-order valence-electron chi connectivity index (χ4n) is 2.64. The van der Waals surface area contributed by atoms with E-state index in [0.29, 0.717) is 11.5 Å². The van der Waals surface area contributed by atoms with Gasteiger partial charge in [-0.15, -0.1) is 0 Å². The number of aromatic nitrogens is 1. The first-order valence-electron chi connectivity index (χ1n) is 6.75. The highest BCUT2D eigenvalue weighted by Crippen LogP contribution is 2.31. The van der Waals surface area contributed by atoms with Crippen LogP contribution in [0.15, 0.2) is 24.5 Å². The molecule has 1 aliphatic heterocycles. The molecule has 1 N–H and O–H groups in total. The zero-order valence-corrected chi connectivity index (χ0v) is 10.5. The molecule has 0 unspecified atom stereocenters. The van der Waals surface area contributed by atoms with Crippen molar-refractivity contribution in [3.05, 3.63) is 30.1 Å². The van der Waals surface area contributed by atoms with E-state index in [-0.39, 0.29) is 5.91 Å². The number of nitrogens with one attached hydrogen (secondary N) is 1. The molecule has 1 amide bonds. The average molecular weight is 245 g/mol. The molecule has 1 saturated carbocycles. The van der Waals surface area contributed by atoms with Gasteiger partial charge in [0.15, 0.2) is 0 Å². The number of nitrogens with zero attached hydrogens (tertiary/aromatic N) is 2. The summed E-state index contributed by atoms with van der Waals surface area (Å²) in [6.45, 7) is 3.16. The Hall–Kier alpha value is -1.42. The standard InChI is InChI=1S/C14H19N3O/c18-14(12-3-6-15-7-4-12)16-9-11-5-8-17(10-11)13-1-2-13/h3-4,6-7,11,13H,1-2,5,8-10H2,(H,16,18)/t11-/m1/s1. The maximum atomic E-state index is 11.9. The number of pyridine rings is 1. The van der Waals surface area contributed by atoms with Gasteiger partial charge in [-0.05, 0) is 43.9 Å². The molecule has 2 fully saturated rings. The Morgan fingerprint density at radius 2 is 2.11 bits per heavy atom. The number of likely N-dealkylation sites (tertiary alicyclic amines) is 1. The molecule has 1 atom stereocenters. The fourth-order valence-corrected chi connectivity index (χ4v) is 2.64. The highest BCUT2D eigenvalue weighted by molar-refractivity contribution is 5.93. The second-order valence-electron chi connectivity index (χ2n) is 5.33. The Morgan fingerprint density at radius 1 is 1.33 bits per heavy atom. The number of carbonyl (C=O) groups is 1. The minimum atomic E-state index is 0.0160. The second-order valence-corrected chi connectivity index (χ2v) is 5.33. The quantitative estimate of drug-likeness (QED) is 0.869. The van der Waals surface area contributed by atoms with E-state index in [0.717, 1.165) is 19.1 Å². The van der Waals surface area contributed by atoms with E-state index < -0.39 is 0 Å². The Labute approximate surface area is 107 Å². The molecule has 1 aromatic heterocycles. The van der Waals surface area contributed by atoms with Gasteiger partial charge in [-0.25, -0.2) is 0 Å². The summed E-state index contributed by atoms with van der Waals surface area (Å²) >= 11 is 0. The van der Waals surface area contributed by atoms with E-state index in [9.17, 15) is 4.79 Å². The number of amides is 1. The largest absolute Gasteiger partial charge is 0.352 e. The van der Waals surface area contributed by atoms with Crippen LogP contribution in [0.5, 0.6) is 0 Å². The Balaban J connectivity index is 1.45. The topological polar surface area (TPSA) is 45.2 Å². The van der Waals surface area contributed by atoms with Gasteiger partial charge in [-0.3, -0.25) is 9.78 Å². The molecule has 2 aliphatic rings. The monoisotopic (exact) mass is 245 g/mol. The molecule has 4 nitrogen and oxygen atoms in total. The maximum Gasteiger partial charge on any atom is 0.251 e. The average Bonchev–Trinajstić information content (AvgIpc) is 3.16. The van der Waals surface area contributed by atoms with E-state index >= 15 is 0 Å². The summed E-state index contributed by atoms with van der Waals surface area (Å²) in [6.07, 6.45) is 7.26. The summed E-state index contributed by atoms with van der Waals surface area (Å²) < 4.78 is 0. The summed E-state index contributed by atoms with van der Waals surface area (Å²) in [5, 5.41) is 3.03. The van der Waals surface area contributed by atoms with E-state index in [1.807, 2.05) is 0 Å². The minimum Gasteiger partial charge on any atom is -0.352 e. The molecule has 1 aliphatic carbocycles. The third-order valence-electron chi connectivity index (χ3n) is 3.87. The van der Waals surface area contributed by atoms with Crippen LogP contribution in [0.4, 0.5) is 0 Å². The Morgan fingerprint density at radius 3 is 2.83 bits per heavy atom. The van der Waals surface area contributed by atoms with Gasteiger partial charge in [-0.2, -0.15) is 0 Å². The van der Waals surface area contributed by atoms with Crippen LogP contribution in [-0.2, 0) is 0 Å². The van der Waals surface area contributed by atoms with Crippen molar-refractivity contribution in [3.63, 3.8) is 0 Å². The van der Waals surface area contributed by atoms with Crippen LogP contribution in [-0.4, -0.2) is 41.5 Å². The van der Waals surface area contributed by atoms with Crippen LogP contribution in [0, 0.1) is 5.92 Å². The number of rotatable bonds is 4. The smallest absolute Gasteiger partial charge is 0.251 e. The van der Waals surface area contributed by atoms with Crippen LogP contribution >= 0.6 is 0 Å². The first-order chi connectivity index (χ1) is 8.83. The fraction of sp³-hybridized carbons (Fsp3) is 0.571. The molecule has 0 spiro atoms. The van der Waals surface area contributed by atoms with E-state index in [1.54, 1.807) is 24.5 Å². The summed E-state index contributed by atoms with van der Waals surface area (Å²) in [5.41, 5.74) is 0.696. The van der Waals surface area contributed by atoms with E-state index in [4.69, 9.17) is 0 Å². The van der Waals surface area contributed by atoms with Crippen LogP contribution in [0.25, 0.3) is 0 Å². The Kier molecular flexibility index (Phi) is 3.28. The second kappa shape index (κ2) is 5.06. The maximum absolute atomic E-state index is 11.9. The van der Waals surface area contributed by atoms with Crippen molar-refractivity contribution in [3.8, 4) is 0 Å². The van der Waals surface area contributed by atoms with Gasteiger partial charge >= 0.3 is 0 Å². The van der Waals surface area contributed by atoms with Crippen LogP contribution in [0.1, 0.15) is 29.6 Å². The highest BCUT2D eigenvalue weighted by atomic mass is 16.1. The molecule has 0 bridgehead atoms. The highest BCUT2D eigenvalue weighted by Gasteiger charge is 2.34. The summed E-state index contributed by atoms with van der Waals surface area (Å²) in [4.78, 5) is 18.4. The number of hydrogen-bond donors (Lipinski definition) is 1. The van der Waals surface area contributed by atoms with Crippen molar-refractivity contribution in [2.24, 2.45) is 5.92 Å². The lowest BCUT2D eigenvalue weighted by atomic mass is 10.1. The van der Waals surface area contributed by atoms with Crippen molar-refractivity contribution in [1.82, 2.24) is 15.2 Å². The predicted molar refractivity (Wildman–Crippen MR) is 69.3 cm³/mol. The molecule has 1 aromatic rings. The van der Waals surface area contributed by atoms with Gasteiger partial charge in [0.05, 0.1) is 0 Å². The molecule has 18 heavy (non-hydrogen) atoms. The summed E-state index contributed by atoms with van der Waals surface area (Å²) in [7, 11) is 0. The third kappa shape index (κ3) is 2.70. The van der Waals surface area contributed by atoms with Crippen molar-refractivity contribution < 1.29 is 4.79 Å². The van der Waals surface area contributed by atoms with Gasteiger partial charge < -0.3 is 10.2 Å². The molecule has 0 aromatic carbocycles. The van der Waals surface area contributed by atoms with Crippen molar-refractivity contribution in [1.29, 1.82) is 0 Å². The van der Waals surface area contributed by atoms with Crippen molar-refractivity contribution in [2.75, 3.05) is 19.6 Å². The van der Waals surface area contributed by atoms with E-state index in [2.05, 4.69) is 15.2 Å². The molecule has 0 radical (unpaired) electrons. The SMILES string of the molecule is O=C(NC[C@H]1CCN(C2CC2)C1)c1ccncc1. The van der Waals surface area contributed by atoms with Crippen molar-refractivity contribution in [2.45, 2.75) is 25.3 Å². The Bertz CT molecular complexity index is 416. The van der Waals surface area contributed by atoms with Gasteiger partial charge in [0.1, 0.15) is 0 Å². The van der Waals surface area contributed by atoms with Crippen LogP contribution < -0.4 is 5.32 Å². The minimum absolute atomic E-state index is 0.0160. The molecule has 2 heterocycles. The zero-order valence-electron chi connectivity index (χ0n) is 10.5. The third-order valence-corrected chi connectivity index (χ3v) is 3.87. The van der Waals surface area contributed by atoms with Gasteiger partial charge in [0.25, 0.3) is 5.91 Å². The predicted octanol–water partition coefficient (Wildman–Crippen LogP) is 1.30. The number of carbonyl (C=O) groups excluding carboxylic acids is 1. The van der Waals surface area contributed by atoms with E-state index in [1.165, 1.54) is 25.8 Å². The lowest BCUT2D eigenvalue weighted by Crippen LogP contribution is -2.31. The molecule has 3 rings (SSSR count). The summed E-state index contributed by atoms with van der Waals surface area (Å²) in [5.74, 6) is 0.638.